The third kappa shape index (κ3) is 5.69. The quantitative estimate of drug-likeness (QED) is 0.196. The van der Waals surface area contributed by atoms with Crippen LogP contribution in [0.1, 0.15) is 28.7 Å². The van der Waals surface area contributed by atoms with Crippen molar-refractivity contribution in [1.29, 1.82) is 0 Å². The Morgan fingerprint density at radius 3 is 2.18 bits per heavy atom. The number of nitrogens with zero attached hydrogens (tertiary/aromatic N) is 1. The van der Waals surface area contributed by atoms with E-state index in [2.05, 4.69) is 0 Å². The molecule has 1 fully saturated rings. The molecular weight excluding hydrogens is 462 g/mol. The van der Waals surface area contributed by atoms with Crippen LogP contribution in [-0.4, -0.2) is 23.4 Å². The fraction of sp³-hybridized carbons (Fsp3) is 0.214. The van der Waals surface area contributed by atoms with Crippen LogP contribution in [0, 0.1) is 20.8 Å². The monoisotopic (exact) mass is 489 g/mol. The van der Waals surface area contributed by atoms with Gasteiger partial charge >= 0.3 is 0 Å². The highest BCUT2D eigenvalue weighted by Gasteiger charge is 2.34. The average molecular weight is 490 g/mol. The SMILES string of the molecule is Cc1cccc(OCCCOc2cccc(/C=C3\SC(=S)N(c4c(C)cccc4C)C3=O)c2)c1. The summed E-state index contributed by atoms with van der Waals surface area (Å²) < 4.78 is 12.2. The van der Waals surface area contributed by atoms with Crippen molar-refractivity contribution in [1.82, 2.24) is 0 Å². The Morgan fingerprint density at radius 1 is 0.882 bits per heavy atom. The first-order valence-corrected chi connectivity index (χ1v) is 12.4. The lowest BCUT2D eigenvalue weighted by Gasteiger charge is -2.19. The molecule has 1 saturated heterocycles. The molecule has 0 atom stereocenters. The number of carbonyl (C=O) groups excluding carboxylic acids is 1. The van der Waals surface area contributed by atoms with Gasteiger partial charge in [0.05, 0.1) is 23.8 Å². The molecule has 1 aliphatic heterocycles. The smallest absolute Gasteiger partial charge is 0.270 e. The van der Waals surface area contributed by atoms with Crippen LogP contribution in [0.4, 0.5) is 5.69 Å². The largest absolute Gasteiger partial charge is 0.493 e. The Bertz CT molecular complexity index is 1230. The Kier molecular flexibility index (Phi) is 7.70. The van der Waals surface area contributed by atoms with Crippen LogP contribution in [0.2, 0.25) is 0 Å². The number of carbonyl (C=O) groups is 1. The zero-order valence-corrected chi connectivity index (χ0v) is 21.2. The zero-order chi connectivity index (χ0) is 24.1. The number of thioether (sulfide) groups is 1. The summed E-state index contributed by atoms with van der Waals surface area (Å²) in [6.07, 6.45) is 2.65. The number of rotatable bonds is 8. The third-order valence-electron chi connectivity index (χ3n) is 5.43. The van der Waals surface area contributed by atoms with Gasteiger partial charge in [-0.3, -0.25) is 9.69 Å². The molecular formula is C28H27NO3S2. The Labute approximate surface area is 210 Å². The summed E-state index contributed by atoms with van der Waals surface area (Å²) in [5.41, 5.74) is 5.00. The number of benzene rings is 3. The molecule has 0 aliphatic carbocycles. The molecule has 1 aliphatic rings. The van der Waals surface area contributed by atoms with Crippen LogP contribution in [-0.2, 0) is 4.79 Å². The maximum atomic E-state index is 13.2. The number of amides is 1. The van der Waals surface area contributed by atoms with E-state index >= 15 is 0 Å². The van der Waals surface area contributed by atoms with E-state index in [1.807, 2.05) is 93.6 Å². The third-order valence-corrected chi connectivity index (χ3v) is 6.73. The molecule has 6 heteroatoms. The van der Waals surface area contributed by atoms with Gasteiger partial charge in [0.2, 0.25) is 0 Å². The maximum absolute atomic E-state index is 13.2. The van der Waals surface area contributed by atoms with E-state index in [9.17, 15) is 4.79 Å². The van der Waals surface area contributed by atoms with Crippen molar-refractivity contribution in [3.05, 3.63) is 93.9 Å². The molecule has 1 heterocycles. The van der Waals surface area contributed by atoms with Crippen molar-refractivity contribution in [2.45, 2.75) is 27.2 Å². The molecule has 0 N–H and O–H groups in total. The number of para-hydroxylation sites is 1. The van der Waals surface area contributed by atoms with Crippen LogP contribution in [0.3, 0.4) is 0 Å². The summed E-state index contributed by atoms with van der Waals surface area (Å²) in [6, 6.07) is 21.7. The van der Waals surface area contributed by atoms with E-state index < -0.39 is 0 Å². The van der Waals surface area contributed by atoms with Crippen molar-refractivity contribution >= 4 is 46.0 Å². The minimum atomic E-state index is -0.0907. The van der Waals surface area contributed by atoms with E-state index in [1.54, 1.807) is 4.90 Å². The minimum absolute atomic E-state index is 0.0907. The molecule has 0 radical (unpaired) electrons. The lowest BCUT2D eigenvalue weighted by molar-refractivity contribution is -0.113. The first-order valence-electron chi connectivity index (χ1n) is 11.2. The van der Waals surface area contributed by atoms with Crippen LogP contribution < -0.4 is 14.4 Å². The van der Waals surface area contributed by atoms with Crippen molar-refractivity contribution < 1.29 is 14.3 Å². The summed E-state index contributed by atoms with van der Waals surface area (Å²) in [5, 5.41) is 0. The number of ether oxygens (including phenoxy) is 2. The number of thiocarbonyl (C=S) groups is 1. The van der Waals surface area contributed by atoms with Gasteiger partial charge in [0.25, 0.3) is 5.91 Å². The molecule has 34 heavy (non-hydrogen) atoms. The zero-order valence-electron chi connectivity index (χ0n) is 19.5. The second kappa shape index (κ2) is 10.9. The van der Waals surface area contributed by atoms with Gasteiger partial charge in [-0.05, 0) is 73.4 Å². The predicted molar refractivity (Wildman–Crippen MR) is 145 cm³/mol. The van der Waals surface area contributed by atoms with Crippen LogP contribution in [0.15, 0.2) is 71.6 Å². The summed E-state index contributed by atoms with van der Waals surface area (Å²) >= 11 is 6.88. The predicted octanol–water partition coefficient (Wildman–Crippen LogP) is 6.87. The Hall–Kier alpha value is -3.09. The summed E-state index contributed by atoms with van der Waals surface area (Å²) in [5.74, 6) is 1.54. The topological polar surface area (TPSA) is 38.8 Å². The second-order valence-electron chi connectivity index (χ2n) is 8.20. The highest BCUT2D eigenvalue weighted by molar-refractivity contribution is 8.27. The number of hydrogen-bond donors (Lipinski definition) is 0. The fourth-order valence-electron chi connectivity index (χ4n) is 3.81. The van der Waals surface area contributed by atoms with E-state index in [1.165, 1.54) is 17.3 Å². The van der Waals surface area contributed by atoms with Gasteiger partial charge in [0.15, 0.2) is 4.32 Å². The average Bonchev–Trinajstić information content (AvgIpc) is 3.07. The van der Waals surface area contributed by atoms with Crippen molar-refractivity contribution in [2.24, 2.45) is 0 Å². The highest BCUT2D eigenvalue weighted by atomic mass is 32.2. The number of aryl methyl sites for hydroxylation is 3. The standard InChI is InChI=1S/C28H27NO3S2/c1-19-8-4-12-23(16-19)31-14-7-15-32-24-13-6-11-22(17-24)18-25-27(30)29(28(33)34-25)26-20(2)9-5-10-21(26)3/h4-6,8-13,16-18H,7,14-15H2,1-3H3/b25-18-. The lowest BCUT2D eigenvalue weighted by Crippen LogP contribution is -2.29. The molecule has 4 nitrogen and oxygen atoms in total. The van der Waals surface area contributed by atoms with Crippen molar-refractivity contribution in [2.75, 3.05) is 18.1 Å². The molecule has 0 aromatic heterocycles. The van der Waals surface area contributed by atoms with Crippen LogP contribution in [0.25, 0.3) is 6.08 Å². The summed E-state index contributed by atoms with van der Waals surface area (Å²) in [7, 11) is 0. The Balaban J connectivity index is 1.37. The molecule has 3 aromatic carbocycles. The first kappa shape index (κ1) is 24.0. The van der Waals surface area contributed by atoms with E-state index in [4.69, 9.17) is 21.7 Å². The molecule has 0 unspecified atom stereocenters. The minimum Gasteiger partial charge on any atom is -0.493 e. The molecule has 0 saturated carbocycles. The second-order valence-corrected chi connectivity index (χ2v) is 9.87. The first-order chi connectivity index (χ1) is 16.4. The van der Waals surface area contributed by atoms with Gasteiger partial charge in [-0.2, -0.15) is 0 Å². The number of anilines is 1. The summed E-state index contributed by atoms with van der Waals surface area (Å²) in [4.78, 5) is 15.4. The number of hydrogen-bond acceptors (Lipinski definition) is 5. The van der Waals surface area contributed by atoms with Gasteiger partial charge in [-0.15, -0.1) is 0 Å². The molecule has 4 rings (SSSR count). The highest BCUT2D eigenvalue weighted by Crippen LogP contribution is 2.38. The van der Waals surface area contributed by atoms with Crippen molar-refractivity contribution in [3.63, 3.8) is 0 Å². The van der Waals surface area contributed by atoms with Gasteiger partial charge in [0.1, 0.15) is 11.5 Å². The maximum Gasteiger partial charge on any atom is 0.270 e. The molecule has 3 aromatic rings. The normalized spacial score (nSPS) is 14.7. The molecule has 0 bridgehead atoms. The molecule has 0 spiro atoms. The van der Waals surface area contributed by atoms with E-state index in [-0.39, 0.29) is 5.91 Å². The van der Waals surface area contributed by atoms with E-state index in [0.717, 1.165) is 40.3 Å². The lowest BCUT2D eigenvalue weighted by atomic mass is 10.1. The molecule has 174 valence electrons. The van der Waals surface area contributed by atoms with E-state index in [0.29, 0.717) is 22.4 Å². The van der Waals surface area contributed by atoms with Gasteiger partial charge in [0, 0.05) is 6.42 Å². The van der Waals surface area contributed by atoms with Gasteiger partial charge < -0.3 is 9.47 Å². The fourth-order valence-corrected chi connectivity index (χ4v) is 5.08. The van der Waals surface area contributed by atoms with Crippen LogP contribution >= 0.6 is 24.0 Å². The Morgan fingerprint density at radius 2 is 1.50 bits per heavy atom. The van der Waals surface area contributed by atoms with Gasteiger partial charge in [-0.1, -0.05) is 66.4 Å². The molecule has 1 amide bonds. The van der Waals surface area contributed by atoms with Crippen molar-refractivity contribution in [3.8, 4) is 11.5 Å². The van der Waals surface area contributed by atoms with Gasteiger partial charge in [-0.25, -0.2) is 0 Å². The van der Waals surface area contributed by atoms with Crippen LogP contribution in [0.5, 0.6) is 11.5 Å². The summed E-state index contributed by atoms with van der Waals surface area (Å²) in [6.45, 7) is 7.17.